The lowest BCUT2D eigenvalue weighted by atomic mass is 10.1. The molecular weight excluding hydrogens is 436 g/mol. The van der Waals surface area contributed by atoms with Gasteiger partial charge in [-0.2, -0.15) is 0 Å². The minimum absolute atomic E-state index is 0.0210. The largest absolute Gasteiger partial charge is 0.497 e. The molecule has 0 aliphatic carbocycles. The van der Waals surface area contributed by atoms with Gasteiger partial charge in [0.15, 0.2) is 11.5 Å². The fourth-order valence-corrected chi connectivity index (χ4v) is 2.89. The molecule has 174 valence electrons. The first-order valence-corrected chi connectivity index (χ1v) is 10.3. The lowest BCUT2D eigenvalue weighted by Gasteiger charge is -2.12. The van der Waals surface area contributed by atoms with Crippen molar-refractivity contribution in [3.05, 3.63) is 92.0 Å². The monoisotopic (exact) mass is 460 g/mol. The summed E-state index contributed by atoms with van der Waals surface area (Å²) in [5.74, 6) is 0.609. The van der Waals surface area contributed by atoms with E-state index in [0.717, 1.165) is 29.0 Å². The fraction of sp³-hybridized carbons (Fsp3) is 0.111. The Morgan fingerprint density at radius 3 is 1.68 bits per heavy atom. The van der Waals surface area contributed by atoms with Crippen LogP contribution in [0.3, 0.4) is 0 Å². The normalized spacial score (nSPS) is 10.0. The van der Waals surface area contributed by atoms with Crippen LogP contribution in [0.5, 0.6) is 28.7 Å². The average Bonchev–Trinajstić information content (AvgIpc) is 2.88. The molecule has 0 aliphatic heterocycles. The van der Waals surface area contributed by atoms with Gasteiger partial charge in [0.25, 0.3) is 0 Å². The van der Waals surface area contributed by atoms with Crippen LogP contribution in [0.15, 0.2) is 92.0 Å². The molecule has 0 aromatic heterocycles. The van der Waals surface area contributed by atoms with Crippen LogP contribution in [-0.2, 0) is 9.59 Å². The topological polar surface area (TPSA) is 80.3 Å². The number of ether oxygens (including phenoxy) is 5. The van der Waals surface area contributed by atoms with Gasteiger partial charge in [-0.05, 0) is 47.5 Å². The van der Waals surface area contributed by atoms with Gasteiger partial charge >= 0.3 is 11.9 Å². The number of carbonyl (C=O) groups is 2. The molecule has 0 fully saturated rings. The zero-order valence-electron chi connectivity index (χ0n) is 18.7. The quantitative estimate of drug-likeness (QED) is 0.172. The number of rotatable bonds is 11. The zero-order valence-corrected chi connectivity index (χ0v) is 18.7. The molecular formula is C27H24O7. The molecule has 3 rings (SSSR count). The third-order valence-electron chi connectivity index (χ3n) is 4.57. The number of hydrogen-bond acceptors (Lipinski definition) is 7. The molecule has 3 aromatic rings. The van der Waals surface area contributed by atoms with Crippen molar-refractivity contribution in [1.82, 2.24) is 0 Å². The Hall–Kier alpha value is -4.52. The van der Waals surface area contributed by atoms with Gasteiger partial charge in [-0.3, -0.25) is 0 Å². The second-order valence-corrected chi connectivity index (χ2v) is 6.81. The van der Waals surface area contributed by atoms with E-state index in [2.05, 4.69) is 13.2 Å². The molecule has 7 heteroatoms. The number of hydrogen-bond donors (Lipinski definition) is 0. The highest BCUT2D eigenvalue weighted by atomic mass is 16.6. The zero-order chi connectivity index (χ0) is 24.3. The van der Waals surface area contributed by atoms with E-state index in [-0.39, 0.29) is 24.7 Å². The summed E-state index contributed by atoms with van der Waals surface area (Å²) in [5, 5.41) is 0. The van der Waals surface area contributed by atoms with Gasteiger partial charge in [-0.1, -0.05) is 37.4 Å². The molecule has 0 amide bonds. The Kier molecular flexibility index (Phi) is 8.46. The first-order chi connectivity index (χ1) is 16.5. The summed E-state index contributed by atoms with van der Waals surface area (Å²) in [6.07, 6.45) is 2.00. The highest BCUT2D eigenvalue weighted by Crippen LogP contribution is 2.32. The van der Waals surface area contributed by atoms with Gasteiger partial charge in [-0.25, -0.2) is 9.59 Å². The molecule has 0 spiro atoms. The fourth-order valence-electron chi connectivity index (χ4n) is 2.89. The molecule has 0 bridgehead atoms. The van der Waals surface area contributed by atoms with Crippen LogP contribution >= 0.6 is 0 Å². The van der Waals surface area contributed by atoms with Crippen LogP contribution in [0.1, 0.15) is 0 Å². The van der Waals surface area contributed by atoms with Crippen LogP contribution in [0.4, 0.5) is 0 Å². The van der Waals surface area contributed by atoms with Crippen molar-refractivity contribution in [2.45, 2.75) is 0 Å². The molecule has 0 N–H and O–H groups in total. The summed E-state index contributed by atoms with van der Waals surface area (Å²) in [7, 11) is 1.64. The Labute approximate surface area is 197 Å². The number of benzene rings is 3. The van der Waals surface area contributed by atoms with Gasteiger partial charge in [-0.15, -0.1) is 0 Å². The minimum atomic E-state index is -0.700. The van der Waals surface area contributed by atoms with Crippen molar-refractivity contribution in [1.29, 1.82) is 0 Å². The van der Waals surface area contributed by atoms with Crippen molar-refractivity contribution < 1.29 is 33.3 Å². The SMILES string of the molecule is C=CC(=O)Oc1ccc(OCCOc2ccc(-c3ccc(OC)cc3)cc2)cc1OC(=O)C=C. The summed E-state index contributed by atoms with van der Waals surface area (Å²) in [4.78, 5) is 23.1. The molecule has 0 atom stereocenters. The highest BCUT2D eigenvalue weighted by Gasteiger charge is 2.13. The minimum Gasteiger partial charge on any atom is -0.497 e. The molecule has 7 nitrogen and oxygen atoms in total. The molecule has 0 heterocycles. The number of carbonyl (C=O) groups excluding carboxylic acids is 2. The van der Waals surface area contributed by atoms with Crippen molar-refractivity contribution in [2.75, 3.05) is 20.3 Å². The molecule has 3 aromatic carbocycles. The van der Waals surface area contributed by atoms with E-state index in [1.165, 1.54) is 12.1 Å². The van der Waals surface area contributed by atoms with Crippen LogP contribution in [0.25, 0.3) is 11.1 Å². The second kappa shape index (κ2) is 11.9. The molecule has 0 saturated carbocycles. The maximum absolute atomic E-state index is 11.6. The summed E-state index contributed by atoms with van der Waals surface area (Å²) in [6, 6.07) is 20.0. The number of methoxy groups -OCH3 is 1. The summed E-state index contributed by atoms with van der Waals surface area (Å²) in [5.41, 5.74) is 2.14. The van der Waals surface area contributed by atoms with E-state index in [9.17, 15) is 9.59 Å². The lowest BCUT2D eigenvalue weighted by Crippen LogP contribution is -2.11. The van der Waals surface area contributed by atoms with Crippen molar-refractivity contribution >= 4 is 11.9 Å². The van der Waals surface area contributed by atoms with E-state index in [1.54, 1.807) is 13.2 Å². The van der Waals surface area contributed by atoms with Crippen LogP contribution in [-0.4, -0.2) is 32.3 Å². The Morgan fingerprint density at radius 1 is 0.676 bits per heavy atom. The van der Waals surface area contributed by atoms with Crippen LogP contribution in [0.2, 0.25) is 0 Å². The van der Waals surface area contributed by atoms with Crippen molar-refractivity contribution in [2.24, 2.45) is 0 Å². The Bertz CT molecular complexity index is 1150. The first kappa shape index (κ1) is 24.1. The predicted octanol–water partition coefficient (Wildman–Crippen LogP) is 5.00. The summed E-state index contributed by atoms with van der Waals surface area (Å²) < 4.78 is 26.8. The van der Waals surface area contributed by atoms with Crippen molar-refractivity contribution in [3.63, 3.8) is 0 Å². The van der Waals surface area contributed by atoms with E-state index in [4.69, 9.17) is 23.7 Å². The molecule has 0 unspecified atom stereocenters. The molecule has 0 radical (unpaired) electrons. The van der Waals surface area contributed by atoms with Crippen molar-refractivity contribution in [3.8, 4) is 39.9 Å². The Morgan fingerprint density at radius 2 is 1.15 bits per heavy atom. The second-order valence-electron chi connectivity index (χ2n) is 6.81. The summed E-state index contributed by atoms with van der Waals surface area (Å²) >= 11 is 0. The lowest BCUT2D eigenvalue weighted by molar-refractivity contribution is -0.131. The van der Waals surface area contributed by atoms with E-state index in [0.29, 0.717) is 11.5 Å². The first-order valence-electron chi connectivity index (χ1n) is 10.3. The van der Waals surface area contributed by atoms with E-state index < -0.39 is 11.9 Å². The van der Waals surface area contributed by atoms with Gasteiger partial charge in [0.2, 0.25) is 0 Å². The molecule has 0 aliphatic rings. The summed E-state index contributed by atoms with van der Waals surface area (Å²) in [6.45, 7) is 7.22. The maximum atomic E-state index is 11.6. The Balaban J connectivity index is 1.55. The smallest absolute Gasteiger partial charge is 0.335 e. The average molecular weight is 460 g/mol. The van der Waals surface area contributed by atoms with Gasteiger partial charge in [0, 0.05) is 18.2 Å². The maximum Gasteiger partial charge on any atom is 0.335 e. The van der Waals surface area contributed by atoms with Gasteiger partial charge < -0.3 is 23.7 Å². The van der Waals surface area contributed by atoms with Gasteiger partial charge in [0.05, 0.1) is 7.11 Å². The molecule has 0 saturated heterocycles. The van der Waals surface area contributed by atoms with Crippen LogP contribution < -0.4 is 23.7 Å². The number of esters is 2. The predicted molar refractivity (Wildman–Crippen MR) is 128 cm³/mol. The van der Waals surface area contributed by atoms with E-state index in [1.807, 2.05) is 48.5 Å². The van der Waals surface area contributed by atoms with Crippen LogP contribution in [0, 0.1) is 0 Å². The highest BCUT2D eigenvalue weighted by molar-refractivity contribution is 5.86. The van der Waals surface area contributed by atoms with E-state index >= 15 is 0 Å². The molecule has 34 heavy (non-hydrogen) atoms. The van der Waals surface area contributed by atoms with Gasteiger partial charge in [0.1, 0.15) is 30.5 Å². The third kappa shape index (κ3) is 6.74. The third-order valence-corrected chi connectivity index (χ3v) is 4.57. The standard InChI is InChI=1S/C27H24O7/c1-4-26(28)33-24-15-14-23(18-25(24)34-27(29)5-2)32-17-16-31-22-12-8-20(9-13-22)19-6-10-21(30-3)11-7-19/h4-15,18H,1-2,16-17H2,3H3.